The minimum absolute atomic E-state index is 0.00412. The number of nitrogens with two attached hydrogens (primary N) is 1. The smallest absolute Gasteiger partial charge is 0.251 e. The lowest BCUT2D eigenvalue weighted by atomic mass is 10.0. The van der Waals surface area contributed by atoms with Crippen molar-refractivity contribution in [2.75, 3.05) is 0 Å². The zero-order chi connectivity index (χ0) is 19.2. The van der Waals surface area contributed by atoms with Gasteiger partial charge < -0.3 is 11.1 Å². The fraction of sp³-hybridized carbons (Fsp3) is 0.0909. The Labute approximate surface area is 156 Å². The Hall–Kier alpha value is -3.47. The third kappa shape index (κ3) is 4.58. The number of hydrogen-bond acceptors (Lipinski definition) is 2. The highest BCUT2D eigenvalue weighted by Crippen LogP contribution is 2.19. The van der Waals surface area contributed by atoms with E-state index < -0.39 is 23.7 Å². The molecule has 3 rings (SSSR count). The summed E-state index contributed by atoms with van der Waals surface area (Å²) >= 11 is 0. The Morgan fingerprint density at radius 1 is 0.852 bits per heavy atom. The van der Waals surface area contributed by atoms with Crippen molar-refractivity contribution >= 4 is 11.8 Å². The van der Waals surface area contributed by atoms with Crippen LogP contribution in [0.2, 0.25) is 0 Å². The van der Waals surface area contributed by atoms with Crippen molar-refractivity contribution in [3.63, 3.8) is 0 Å². The zero-order valence-corrected chi connectivity index (χ0v) is 14.6. The summed E-state index contributed by atoms with van der Waals surface area (Å²) in [6.07, 6.45) is -0.00412. The summed E-state index contributed by atoms with van der Waals surface area (Å²) < 4.78 is 13.8. The molecule has 0 radical (unpaired) electrons. The average Bonchev–Trinajstić information content (AvgIpc) is 2.69. The van der Waals surface area contributed by atoms with Crippen molar-refractivity contribution in [3.8, 4) is 11.1 Å². The van der Waals surface area contributed by atoms with Gasteiger partial charge in [0, 0.05) is 12.0 Å². The predicted octanol–water partition coefficient (Wildman–Crippen LogP) is 3.32. The molecule has 0 aromatic heterocycles. The summed E-state index contributed by atoms with van der Waals surface area (Å²) in [5.41, 5.74) is 8.12. The zero-order valence-electron chi connectivity index (χ0n) is 14.6. The van der Waals surface area contributed by atoms with Gasteiger partial charge >= 0.3 is 0 Å². The molecular weight excluding hydrogens is 343 g/mol. The first-order valence-electron chi connectivity index (χ1n) is 8.53. The first-order chi connectivity index (χ1) is 13.0. The molecule has 0 unspecified atom stereocenters. The quantitative estimate of drug-likeness (QED) is 0.706. The Bertz CT molecular complexity index is 940. The lowest BCUT2D eigenvalue weighted by Crippen LogP contribution is -2.46. The van der Waals surface area contributed by atoms with Crippen LogP contribution in [0.5, 0.6) is 0 Å². The molecule has 3 aromatic carbocycles. The first-order valence-corrected chi connectivity index (χ1v) is 8.53. The normalized spacial score (nSPS) is 11.6. The van der Waals surface area contributed by atoms with Crippen LogP contribution in [0.4, 0.5) is 4.39 Å². The number of halogens is 1. The predicted molar refractivity (Wildman–Crippen MR) is 102 cm³/mol. The molecule has 0 aliphatic rings. The van der Waals surface area contributed by atoms with Gasteiger partial charge in [-0.3, -0.25) is 9.59 Å². The summed E-state index contributed by atoms with van der Waals surface area (Å²) in [5.74, 6) is -1.59. The van der Waals surface area contributed by atoms with E-state index in [-0.39, 0.29) is 6.42 Å². The average molecular weight is 362 g/mol. The van der Waals surface area contributed by atoms with Gasteiger partial charge in [-0.1, -0.05) is 60.7 Å². The molecule has 1 atom stereocenters. The van der Waals surface area contributed by atoms with Crippen LogP contribution >= 0.6 is 0 Å². The Morgan fingerprint density at radius 3 is 2.07 bits per heavy atom. The van der Waals surface area contributed by atoms with Gasteiger partial charge in [-0.2, -0.15) is 0 Å². The van der Waals surface area contributed by atoms with Crippen molar-refractivity contribution in [1.29, 1.82) is 0 Å². The Balaban J connectivity index is 1.72. The van der Waals surface area contributed by atoms with E-state index in [1.165, 1.54) is 6.07 Å². The van der Waals surface area contributed by atoms with E-state index in [0.29, 0.717) is 11.1 Å². The van der Waals surface area contributed by atoms with Gasteiger partial charge in [-0.15, -0.1) is 0 Å². The molecule has 0 fully saturated rings. The molecule has 0 bridgehead atoms. The largest absolute Gasteiger partial charge is 0.368 e. The number of primary amides is 1. The molecule has 0 aliphatic heterocycles. The van der Waals surface area contributed by atoms with E-state index in [1.807, 2.05) is 42.5 Å². The lowest BCUT2D eigenvalue weighted by Gasteiger charge is -2.16. The molecule has 3 N–H and O–H groups in total. The molecule has 0 aliphatic carbocycles. The second-order valence-electron chi connectivity index (χ2n) is 6.17. The fourth-order valence-corrected chi connectivity index (χ4v) is 2.79. The van der Waals surface area contributed by atoms with Crippen molar-refractivity contribution in [2.45, 2.75) is 12.5 Å². The van der Waals surface area contributed by atoms with E-state index in [9.17, 15) is 14.0 Å². The highest BCUT2D eigenvalue weighted by Gasteiger charge is 2.20. The van der Waals surface area contributed by atoms with Gasteiger partial charge in [0.2, 0.25) is 5.91 Å². The van der Waals surface area contributed by atoms with Crippen LogP contribution in [-0.2, 0) is 11.2 Å². The van der Waals surface area contributed by atoms with Crippen LogP contribution in [0.15, 0.2) is 78.9 Å². The van der Waals surface area contributed by atoms with Crippen LogP contribution < -0.4 is 11.1 Å². The van der Waals surface area contributed by atoms with Gasteiger partial charge in [0.1, 0.15) is 11.9 Å². The maximum Gasteiger partial charge on any atom is 0.251 e. The maximum absolute atomic E-state index is 13.8. The molecular formula is C22H19FN2O2. The highest BCUT2D eigenvalue weighted by atomic mass is 19.1. The minimum atomic E-state index is -0.997. The van der Waals surface area contributed by atoms with Crippen LogP contribution in [0.25, 0.3) is 11.1 Å². The number of amides is 2. The molecule has 136 valence electrons. The van der Waals surface area contributed by atoms with E-state index in [4.69, 9.17) is 5.73 Å². The highest BCUT2D eigenvalue weighted by molar-refractivity contribution is 5.97. The molecule has 3 aromatic rings. The maximum atomic E-state index is 13.8. The van der Waals surface area contributed by atoms with Gasteiger partial charge in [-0.05, 0) is 34.9 Å². The van der Waals surface area contributed by atoms with Gasteiger partial charge in [0.25, 0.3) is 5.91 Å². The molecule has 0 spiro atoms. The van der Waals surface area contributed by atoms with E-state index in [1.54, 1.807) is 30.3 Å². The van der Waals surface area contributed by atoms with Crippen LogP contribution in [0.1, 0.15) is 15.9 Å². The summed E-state index contributed by atoms with van der Waals surface area (Å²) in [5, 5.41) is 2.59. The molecule has 0 saturated heterocycles. The van der Waals surface area contributed by atoms with Gasteiger partial charge in [-0.25, -0.2) is 4.39 Å². The standard InChI is InChI=1S/C22H19FN2O2/c23-19-9-5-4-8-18(19)14-20(21(24)26)25-22(27)17-12-10-16(11-13-17)15-6-2-1-3-7-15/h1-13,20H,14H2,(H2,24,26)(H,25,27)/t20-/m0/s1. The minimum Gasteiger partial charge on any atom is -0.368 e. The second-order valence-corrected chi connectivity index (χ2v) is 6.17. The van der Waals surface area contributed by atoms with Crippen LogP contribution in [-0.4, -0.2) is 17.9 Å². The SMILES string of the molecule is NC(=O)[C@H](Cc1ccccc1F)NC(=O)c1ccc(-c2ccccc2)cc1. The molecule has 4 nitrogen and oxygen atoms in total. The second kappa shape index (κ2) is 8.27. The van der Waals surface area contributed by atoms with Crippen molar-refractivity contribution in [1.82, 2.24) is 5.32 Å². The van der Waals surface area contributed by atoms with Crippen molar-refractivity contribution < 1.29 is 14.0 Å². The Morgan fingerprint density at radius 2 is 1.44 bits per heavy atom. The first kappa shape index (κ1) is 18.3. The third-order valence-electron chi connectivity index (χ3n) is 4.28. The van der Waals surface area contributed by atoms with Crippen molar-refractivity contribution in [2.24, 2.45) is 5.73 Å². The number of benzene rings is 3. The topological polar surface area (TPSA) is 72.2 Å². The fourth-order valence-electron chi connectivity index (χ4n) is 2.79. The summed E-state index contributed by atoms with van der Waals surface area (Å²) in [6.45, 7) is 0. The van der Waals surface area contributed by atoms with Crippen molar-refractivity contribution in [3.05, 3.63) is 95.8 Å². The van der Waals surface area contributed by atoms with Crippen LogP contribution in [0.3, 0.4) is 0 Å². The number of rotatable bonds is 6. The third-order valence-corrected chi connectivity index (χ3v) is 4.28. The number of hydrogen-bond donors (Lipinski definition) is 2. The monoisotopic (exact) mass is 362 g/mol. The summed E-state index contributed by atoms with van der Waals surface area (Å²) in [4.78, 5) is 24.2. The molecule has 5 heteroatoms. The van der Waals surface area contributed by atoms with Crippen LogP contribution in [0, 0.1) is 5.82 Å². The van der Waals surface area contributed by atoms with E-state index >= 15 is 0 Å². The number of nitrogens with one attached hydrogen (secondary N) is 1. The summed E-state index contributed by atoms with van der Waals surface area (Å²) in [7, 11) is 0. The molecule has 0 heterocycles. The van der Waals surface area contributed by atoms with E-state index in [0.717, 1.165) is 11.1 Å². The van der Waals surface area contributed by atoms with Gasteiger partial charge in [0.05, 0.1) is 0 Å². The summed E-state index contributed by atoms with van der Waals surface area (Å²) in [6, 6.07) is 21.9. The molecule has 0 saturated carbocycles. The van der Waals surface area contributed by atoms with E-state index in [2.05, 4.69) is 5.32 Å². The number of carbonyl (C=O) groups is 2. The molecule has 27 heavy (non-hydrogen) atoms. The van der Waals surface area contributed by atoms with Gasteiger partial charge in [0.15, 0.2) is 0 Å². The molecule has 2 amide bonds. The Kier molecular flexibility index (Phi) is 5.61. The number of carbonyl (C=O) groups excluding carboxylic acids is 2. The lowest BCUT2D eigenvalue weighted by molar-refractivity contribution is -0.119.